The summed E-state index contributed by atoms with van der Waals surface area (Å²) in [7, 11) is 0. The third-order valence-electron chi connectivity index (χ3n) is 8.96. The van der Waals surface area contributed by atoms with Gasteiger partial charge < -0.3 is 10.2 Å². The minimum Gasteiger partial charge on any atom is -0.481 e. The van der Waals surface area contributed by atoms with Crippen LogP contribution in [0.3, 0.4) is 0 Å². The summed E-state index contributed by atoms with van der Waals surface area (Å²) in [4.78, 5) is 25.2. The molecule has 0 bridgehead atoms. The van der Waals surface area contributed by atoms with E-state index in [0.29, 0.717) is 0 Å². The zero-order valence-electron chi connectivity index (χ0n) is 28.4. The predicted molar refractivity (Wildman–Crippen MR) is 180 cm³/mol. The van der Waals surface area contributed by atoms with Crippen LogP contribution in [0.25, 0.3) is 0 Å². The van der Waals surface area contributed by atoms with Gasteiger partial charge in [0.2, 0.25) is 0 Å². The molecule has 1 atom stereocenters. The first-order valence-electron chi connectivity index (χ1n) is 18.7. The van der Waals surface area contributed by atoms with Crippen molar-refractivity contribution >= 4 is 11.9 Å². The van der Waals surface area contributed by atoms with Crippen molar-refractivity contribution in [1.29, 1.82) is 0 Å². The molecule has 0 fully saturated rings. The maximum atomic E-state index is 12.0. The molecule has 250 valence electrons. The van der Waals surface area contributed by atoms with Gasteiger partial charge in [-0.05, 0) is 32.4 Å². The summed E-state index contributed by atoms with van der Waals surface area (Å²) in [6.45, 7) is 6.08. The van der Waals surface area contributed by atoms with Crippen LogP contribution in [0.5, 0.6) is 0 Å². The molecule has 42 heavy (non-hydrogen) atoms. The lowest BCUT2D eigenvalue weighted by atomic mass is 10.0. The van der Waals surface area contributed by atoms with Gasteiger partial charge in [-0.15, -0.1) is 0 Å². The van der Waals surface area contributed by atoms with Gasteiger partial charge in [-0.25, -0.2) is 0 Å². The van der Waals surface area contributed by atoms with Crippen molar-refractivity contribution in [2.24, 2.45) is 0 Å². The largest absolute Gasteiger partial charge is 0.481 e. The first-order chi connectivity index (χ1) is 20.5. The molecule has 0 aromatic rings. The lowest BCUT2D eigenvalue weighted by Gasteiger charge is -2.28. The smallest absolute Gasteiger partial charge is 0.320 e. The van der Waals surface area contributed by atoms with Crippen LogP contribution in [-0.4, -0.2) is 46.2 Å². The lowest BCUT2D eigenvalue weighted by Crippen LogP contribution is -2.42. The summed E-state index contributed by atoms with van der Waals surface area (Å²) in [5, 5.41) is 19.0. The van der Waals surface area contributed by atoms with Crippen molar-refractivity contribution in [2.45, 2.75) is 213 Å². The third kappa shape index (κ3) is 29.0. The lowest BCUT2D eigenvalue weighted by molar-refractivity contribution is -0.144. The minimum absolute atomic E-state index is 0.0784. The number of hydrogen-bond donors (Lipinski definition) is 2. The summed E-state index contributed by atoms with van der Waals surface area (Å²) < 4.78 is 0. The number of carboxylic acid groups (broad SMARTS) is 2. The second-order valence-corrected chi connectivity index (χ2v) is 13.0. The molecule has 0 aromatic carbocycles. The van der Waals surface area contributed by atoms with Crippen LogP contribution in [0.4, 0.5) is 0 Å². The van der Waals surface area contributed by atoms with Gasteiger partial charge in [0.1, 0.15) is 6.04 Å². The van der Waals surface area contributed by atoms with E-state index in [4.69, 9.17) is 5.11 Å². The summed E-state index contributed by atoms with van der Waals surface area (Å²) >= 11 is 0. The fraction of sp³-hybridized carbons (Fsp3) is 0.946. The van der Waals surface area contributed by atoms with Crippen molar-refractivity contribution in [1.82, 2.24) is 4.90 Å². The molecule has 0 aromatic heterocycles. The molecule has 0 saturated heterocycles. The average Bonchev–Trinajstić information content (AvgIpc) is 2.96. The van der Waals surface area contributed by atoms with Gasteiger partial charge in [0.25, 0.3) is 0 Å². The average molecular weight is 596 g/mol. The molecule has 0 aliphatic heterocycles. The van der Waals surface area contributed by atoms with E-state index in [1.54, 1.807) is 0 Å². The molecule has 0 unspecified atom stereocenters. The Morgan fingerprint density at radius 1 is 0.452 bits per heavy atom. The standard InChI is InChI=1S/C37H73NO4/c1-3-5-7-9-11-13-15-17-19-21-23-25-27-29-33-38(35(37(41)42)31-32-36(39)40)34-30-28-26-24-22-20-18-16-14-12-10-8-6-4-2/h35H,3-34H2,1-2H3,(H,39,40)(H,41,42)/t35-/m0/s1. The van der Waals surface area contributed by atoms with Crippen LogP contribution in [0.15, 0.2) is 0 Å². The van der Waals surface area contributed by atoms with Gasteiger partial charge in [-0.3, -0.25) is 14.5 Å². The summed E-state index contributed by atoms with van der Waals surface area (Å²) in [5.41, 5.74) is 0. The molecule has 5 nitrogen and oxygen atoms in total. The molecular weight excluding hydrogens is 522 g/mol. The van der Waals surface area contributed by atoms with Gasteiger partial charge >= 0.3 is 11.9 Å². The Morgan fingerprint density at radius 2 is 0.714 bits per heavy atom. The van der Waals surface area contributed by atoms with Crippen molar-refractivity contribution in [3.8, 4) is 0 Å². The highest BCUT2D eigenvalue weighted by atomic mass is 16.4. The Hall–Kier alpha value is -1.10. The second-order valence-electron chi connectivity index (χ2n) is 13.0. The van der Waals surface area contributed by atoms with Crippen LogP contribution in [-0.2, 0) is 9.59 Å². The maximum Gasteiger partial charge on any atom is 0.320 e. The first kappa shape index (κ1) is 40.9. The number of carbonyl (C=O) groups is 2. The highest BCUT2D eigenvalue weighted by Crippen LogP contribution is 2.17. The van der Waals surface area contributed by atoms with Gasteiger partial charge in [-0.2, -0.15) is 0 Å². The topological polar surface area (TPSA) is 77.8 Å². The van der Waals surface area contributed by atoms with Crippen LogP contribution in [0, 0.1) is 0 Å². The second kappa shape index (κ2) is 32.8. The SMILES string of the molecule is CCCCCCCCCCCCCCCCN(CCCCCCCCCCCCCCCC)[C@@H](CCC(=O)O)C(=O)O. The Bertz CT molecular complexity index is 550. The van der Waals surface area contributed by atoms with E-state index in [2.05, 4.69) is 18.7 Å². The van der Waals surface area contributed by atoms with Gasteiger partial charge in [-0.1, -0.05) is 181 Å². The molecule has 0 radical (unpaired) electrons. The van der Waals surface area contributed by atoms with Crippen molar-refractivity contribution in [2.75, 3.05) is 13.1 Å². The van der Waals surface area contributed by atoms with E-state index in [1.807, 2.05) is 0 Å². The van der Waals surface area contributed by atoms with E-state index in [1.165, 1.54) is 154 Å². The zero-order valence-corrected chi connectivity index (χ0v) is 28.4. The number of carboxylic acids is 2. The summed E-state index contributed by atoms with van der Waals surface area (Å²) in [6.07, 6.45) is 36.8. The van der Waals surface area contributed by atoms with Crippen LogP contribution < -0.4 is 0 Å². The normalized spacial score (nSPS) is 12.3. The van der Waals surface area contributed by atoms with Gasteiger partial charge in [0.05, 0.1) is 0 Å². The summed E-state index contributed by atoms with van der Waals surface area (Å²) in [5.74, 6) is -1.78. The fourth-order valence-corrected chi connectivity index (χ4v) is 6.16. The number of nitrogens with zero attached hydrogens (tertiary/aromatic N) is 1. The third-order valence-corrected chi connectivity index (χ3v) is 8.96. The van der Waals surface area contributed by atoms with E-state index in [0.717, 1.165) is 38.8 Å². The molecule has 0 heterocycles. The van der Waals surface area contributed by atoms with Crippen LogP contribution in [0.2, 0.25) is 0 Å². The predicted octanol–water partition coefficient (Wildman–Crippen LogP) is 11.6. The molecule has 0 amide bonds. The highest BCUT2D eigenvalue weighted by molar-refractivity contribution is 5.75. The van der Waals surface area contributed by atoms with Crippen LogP contribution >= 0.6 is 0 Å². The Balaban J connectivity index is 4.05. The quantitative estimate of drug-likeness (QED) is 0.0712. The zero-order chi connectivity index (χ0) is 30.9. The van der Waals surface area contributed by atoms with E-state index in [-0.39, 0.29) is 12.8 Å². The fourth-order valence-electron chi connectivity index (χ4n) is 6.16. The number of rotatable bonds is 35. The molecule has 0 aliphatic carbocycles. The van der Waals surface area contributed by atoms with Crippen molar-refractivity contribution < 1.29 is 19.8 Å². The highest BCUT2D eigenvalue weighted by Gasteiger charge is 2.25. The molecule has 2 N–H and O–H groups in total. The minimum atomic E-state index is -0.908. The Labute approximate surface area is 262 Å². The van der Waals surface area contributed by atoms with Gasteiger partial charge in [0, 0.05) is 6.42 Å². The molecular formula is C37H73NO4. The molecule has 0 saturated carbocycles. The van der Waals surface area contributed by atoms with Crippen LogP contribution in [0.1, 0.15) is 206 Å². The Morgan fingerprint density at radius 3 is 0.952 bits per heavy atom. The monoisotopic (exact) mass is 596 g/mol. The molecule has 0 aliphatic rings. The molecule has 0 rings (SSSR count). The molecule has 5 heteroatoms. The van der Waals surface area contributed by atoms with Gasteiger partial charge in [0.15, 0.2) is 0 Å². The number of hydrogen-bond acceptors (Lipinski definition) is 3. The number of aliphatic carboxylic acids is 2. The first-order valence-corrected chi connectivity index (χ1v) is 18.7. The molecule has 0 spiro atoms. The van der Waals surface area contributed by atoms with Crippen molar-refractivity contribution in [3.63, 3.8) is 0 Å². The maximum absolute atomic E-state index is 12.0. The van der Waals surface area contributed by atoms with Crippen molar-refractivity contribution in [3.05, 3.63) is 0 Å². The number of unbranched alkanes of at least 4 members (excludes halogenated alkanes) is 26. The summed E-state index contributed by atoms with van der Waals surface area (Å²) in [6, 6.07) is -0.676. The van der Waals surface area contributed by atoms with E-state index < -0.39 is 18.0 Å². The van der Waals surface area contributed by atoms with E-state index >= 15 is 0 Å². The van der Waals surface area contributed by atoms with E-state index in [9.17, 15) is 14.7 Å². The Kier molecular flexibility index (Phi) is 31.9.